The number of aromatic hydroxyl groups is 12. The molecule has 20 rings (SSSR count). The van der Waals surface area contributed by atoms with Gasteiger partial charge in [0.1, 0.15) is 115 Å². The first kappa shape index (κ1) is 88.7. The highest BCUT2D eigenvalue weighted by Crippen LogP contribution is 2.55. The molecule has 0 unspecified atom stereocenters. The van der Waals surface area contributed by atoms with Gasteiger partial charge in [-0.25, -0.2) is 0 Å². The number of methoxy groups -OCH3 is 3. The van der Waals surface area contributed by atoms with Crippen molar-refractivity contribution in [1.82, 2.24) is 0 Å². The monoisotopic (exact) mass is 1750 g/mol. The van der Waals surface area contributed by atoms with Crippen molar-refractivity contribution >= 4 is 0 Å². The van der Waals surface area contributed by atoms with Gasteiger partial charge in [-0.2, -0.15) is 0 Å². The van der Waals surface area contributed by atoms with Crippen LogP contribution in [0.15, 0.2) is 315 Å². The number of aryl methyl sites for hydroxylation is 2. The lowest BCUT2D eigenvalue weighted by Crippen LogP contribution is -2.25. The Morgan fingerprint density at radius 2 is 0.450 bits per heavy atom. The molecule has 0 saturated carbocycles. The summed E-state index contributed by atoms with van der Waals surface area (Å²) in [6, 6.07) is 96.1. The number of rotatable bonds is 13. The lowest BCUT2D eigenvalue weighted by atomic mass is 9.75. The van der Waals surface area contributed by atoms with E-state index < -0.39 is 0 Å². The topological polar surface area (TPSA) is 317 Å². The van der Waals surface area contributed by atoms with E-state index in [1.807, 2.05) is 166 Å². The second-order valence-electron chi connectivity index (χ2n) is 33.4. The van der Waals surface area contributed by atoms with E-state index in [0.717, 1.165) is 118 Å². The molecule has 20 nitrogen and oxygen atoms in total. The molecule has 666 valence electrons. The Balaban J connectivity index is 0.000000120. The molecule has 0 aromatic heterocycles. The lowest BCUT2D eigenvalue weighted by Gasteiger charge is -2.35. The lowest BCUT2D eigenvalue weighted by molar-refractivity contribution is 0.245. The zero-order chi connectivity index (χ0) is 91.7. The van der Waals surface area contributed by atoms with Gasteiger partial charge in [0.25, 0.3) is 0 Å². The second kappa shape index (κ2) is 39.3. The SMILES string of the molecule is COc1ccc([C@H]2c3ccc(O)c(C)c3OC[C@H]2c2ccc(O)cc2)cc1.COc1ccc([C@H]2c3ccc(O)cc3OC[C@H]2c2ccc(O)cc2)cc1.COc1ccc([C@H]2c3ccc(O)cc3OC[C@H]2c2ccc(O)cc2)cc1C.Cc1cc([C@H]2c3ccc(O)cc3OC[C@H]2c2ccc(O)cc2)ccc1O.Oc1ccc([C@H]2c3ccc(O)cc3OC[C@H]2c2ccc(O)cc2)cc1. The normalized spacial score (nSPS) is 18.7. The number of benzene rings is 15. The predicted octanol–water partition coefficient (Wildman–Crippen LogP) is 22.4. The molecule has 5 heterocycles. The van der Waals surface area contributed by atoms with Gasteiger partial charge < -0.3 is 99.2 Å². The highest BCUT2D eigenvalue weighted by atomic mass is 16.5. The number of phenolic OH excluding ortho intramolecular Hbond substituents is 12. The summed E-state index contributed by atoms with van der Waals surface area (Å²) in [7, 11) is 4.98. The molecular weight excluding hydrogens is 1650 g/mol. The summed E-state index contributed by atoms with van der Waals surface area (Å²) in [4.78, 5) is 0. The molecular formula is C111H102O20. The molecule has 0 aliphatic carbocycles. The summed E-state index contributed by atoms with van der Waals surface area (Å²) in [6.45, 7) is 8.22. The number of ether oxygens (including phenoxy) is 8. The van der Waals surface area contributed by atoms with E-state index in [9.17, 15) is 61.3 Å². The standard InChI is InChI=1S/2C23H22O4.2C22H20O4.C21H18O4/c1-14-21(25)12-11-19-22(16-5-9-18(26-2)10-6-16)20(13-27-23(14)19)15-3-7-17(24)8-4-15;1-14-11-16(5-10-21(14)26-2)23-19-9-8-18(25)12-22(19)27-13-20(23)15-3-6-17(24)7-4-15;1-25-18-9-4-15(5-10-18)22-19-11-8-17(24)12-21(19)26-13-20(22)14-2-6-16(23)7-3-14;1-13-10-15(4-9-20(13)25)22-18-8-7-17(24)11-21(18)26-12-19(22)14-2-5-16(23)6-3-14;22-15-5-1-13(2-6-15)19-12-25-20-11-17(24)9-10-18(20)21(19)14-3-7-16(23)8-4-14/h3-12,20,22,24-25H,13H2,1-2H3;3-12,20,23-25H,13H2,1-2H3;2-12,20,22-24H,13H2,1H3;2-11,19,22-25H,12H2,1H3;1-11,19,21-24H,12H2/t20-,22-;20-,23-;20-,22-;19-,22-;19-,21-/m00000/s1. The zero-order valence-electron chi connectivity index (χ0n) is 73.0. The van der Waals surface area contributed by atoms with E-state index >= 15 is 0 Å². The molecule has 20 heteroatoms. The first-order chi connectivity index (χ1) is 63.4. The summed E-state index contributed by atoms with van der Waals surface area (Å²) in [5.74, 6) is 9.35. The smallest absolute Gasteiger partial charge is 0.129 e. The van der Waals surface area contributed by atoms with Crippen molar-refractivity contribution in [2.45, 2.75) is 80.0 Å². The molecule has 15 aromatic carbocycles. The fourth-order valence-corrected chi connectivity index (χ4v) is 18.6. The Morgan fingerprint density at radius 3 is 0.740 bits per heavy atom. The van der Waals surface area contributed by atoms with Crippen molar-refractivity contribution in [3.63, 3.8) is 0 Å². The van der Waals surface area contributed by atoms with Crippen LogP contribution < -0.4 is 37.9 Å². The van der Waals surface area contributed by atoms with Crippen LogP contribution in [0.1, 0.15) is 159 Å². The van der Waals surface area contributed by atoms with Crippen molar-refractivity contribution in [2.75, 3.05) is 54.4 Å². The maximum atomic E-state index is 10.1. The van der Waals surface area contributed by atoms with Crippen LogP contribution in [0, 0.1) is 20.8 Å². The minimum atomic E-state index is 0.0168. The third-order valence-corrected chi connectivity index (χ3v) is 25.3. The molecule has 0 radical (unpaired) electrons. The quantitative estimate of drug-likeness (QED) is 0.0510. The molecule has 5 aliphatic rings. The highest BCUT2D eigenvalue weighted by Gasteiger charge is 2.40. The van der Waals surface area contributed by atoms with Crippen LogP contribution in [0.25, 0.3) is 0 Å². The van der Waals surface area contributed by atoms with Gasteiger partial charge in [-0.15, -0.1) is 0 Å². The second-order valence-corrected chi connectivity index (χ2v) is 33.4. The predicted molar refractivity (Wildman–Crippen MR) is 501 cm³/mol. The molecule has 0 saturated heterocycles. The number of phenols is 12. The van der Waals surface area contributed by atoms with Crippen LogP contribution in [0.5, 0.6) is 115 Å². The van der Waals surface area contributed by atoms with Gasteiger partial charge in [0, 0.05) is 117 Å². The zero-order valence-corrected chi connectivity index (χ0v) is 73.0. The Hall–Kier alpha value is -15.7. The van der Waals surface area contributed by atoms with Gasteiger partial charge in [0.2, 0.25) is 0 Å². The molecule has 131 heavy (non-hydrogen) atoms. The van der Waals surface area contributed by atoms with Gasteiger partial charge in [-0.05, 0) is 227 Å². The summed E-state index contributed by atoms with van der Waals surface area (Å²) >= 11 is 0. The molecule has 15 aromatic rings. The van der Waals surface area contributed by atoms with Crippen LogP contribution in [-0.2, 0) is 0 Å². The molecule has 0 spiro atoms. The first-order valence-corrected chi connectivity index (χ1v) is 43.2. The van der Waals surface area contributed by atoms with Crippen molar-refractivity contribution in [3.8, 4) is 115 Å². The third kappa shape index (κ3) is 19.7. The molecule has 0 fully saturated rings. The number of hydrogen-bond donors (Lipinski definition) is 12. The Labute approximate surface area is 759 Å². The Bertz CT molecular complexity index is 6420. The third-order valence-electron chi connectivity index (χ3n) is 25.3. The van der Waals surface area contributed by atoms with Crippen molar-refractivity contribution < 1.29 is 99.2 Å². The van der Waals surface area contributed by atoms with Crippen LogP contribution in [0.2, 0.25) is 0 Å². The van der Waals surface area contributed by atoms with E-state index in [2.05, 4.69) is 36.4 Å². The summed E-state index contributed by atoms with van der Waals surface area (Å²) in [5, 5.41) is 117. The van der Waals surface area contributed by atoms with Crippen LogP contribution in [0.3, 0.4) is 0 Å². The summed E-state index contributed by atoms with van der Waals surface area (Å²) < 4.78 is 45.8. The van der Waals surface area contributed by atoms with E-state index in [4.69, 9.17) is 37.9 Å². The minimum absolute atomic E-state index is 0.0168. The van der Waals surface area contributed by atoms with Crippen LogP contribution >= 0.6 is 0 Å². The molecule has 5 aliphatic heterocycles. The number of hydrogen-bond acceptors (Lipinski definition) is 20. The van der Waals surface area contributed by atoms with Gasteiger partial charge >= 0.3 is 0 Å². The molecule has 12 N–H and O–H groups in total. The van der Waals surface area contributed by atoms with E-state index in [0.29, 0.717) is 56.0 Å². The van der Waals surface area contributed by atoms with Crippen LogP contribution in [-0.4, -0.2) is 116 Å². The van der Waals surface area contributed by atoms with Gasteiger partial charge in [-0.1, -0.05) is 152 Å². The fourth-order valence-electron chi connectivity index (χ4n) is 18.6. The number of fused-ring (bicyclic) bond motifs is 5. The first-order valence-electron chi connectivity index (χ1n) is 43.2. The maximum absolute atomic E-state index is 10.1. The summed E-state index contributed by atoms with van der Waals surface area (Å²) in [6.07, 6.45) is 0. The van der Waals surface area contributed by atoms with E-state index in [1.54, 1.807) is 155 Å². The maximum Gasteiger partial charge on any atom is 0.129 e. The minimum Gasteiger partial charge on any atom is -0.508 e. The Kier molecular flexibility index (Phi) is 26.6. The molecule has 10 atom stereocenters. The van der Waals surface area contributed by atoms with Gasteiger partial charge in [0.05, 0.1) is 54.4 Å². The van der Waals surface area contributed by atoms with Crippen molar-refractivity contribution in [3.05, 3.63) is 416 Å². The van der Waals surface area contributed by atoms with Crippen molar-refractivity contribution in [2.24, 2.45) is 0 Å². The summed E-state index contributed by atoms with van der Waals surface area (Å²) in [5.41, 5.74) is 18.8. The average Bonchev–Trinajstić information content (AvgIpc) is 0.795. The van der Waals surface area contributed by atoms with Crippen LogP contribution in [0.4, 0.5) is 0 Å². The van der Waals surface area contributed by atoms with Gasteiger partial charge in [-0.3, -0.25) is 0 Å². The molecule has 0 bridgehead atoms. The van der Waals surface area contributed by atoms with Crippen molar-refractivity contribution in [1.29, 1.82) is 0 Å². The highest BCUT2D eigenvalue weighted by molar-refractivity contribution is 5.60. The largest absolute Gasteiger partial charge is 0.508 e. The van der Waals surface area contributed by atoms with Gasteiger partial charge in [0.15, 0.2) is 0 Å². The van der Waals surface area contributed by atoms with E-state index in [-0.39, 0.29) is 128 Å². The molecule has 0 amide bonds. The van der Waals surface area contributed by atoms with E-state index in [1.165, 1.54) is 5.56 Å². The average molecular weight is 1760 g/mol. The fraction of sp³-hybridized carbons (Fsp3) is 0.189. The Morgan fingerprint density at radius 1 is 0.214 bits per heavy atom.